The van der Waals surface area contributed by atoms with Gasteiger partial charge in [0, 0.05) is 13.8 Å². The van der Waals surface area contributed by atoms with Crippen molar-refractivity contribution in [3.05, 3.63) is 35.9 Å². The molecule has 1 heterocycles. The molecule has 4 atom stereocenters. The first-order valence-corrected chi connectivity index (χ1v) is 12.1. The predicted molar refractivity (Wildman–Crippen MR) is 113 cm³/mol. The largest absolute Gasteiger partial charge is 0.453 e. The fourth-order valence-electron chi connectivity index (χ4n) is 3.12. The monoisotopic (exact) mass is 488 g/mol. The molecule has 33 heavy (non-hydrogen) atoms. The van der Waals surface area contributed by atoms with Gasteiger partial charge in [0.1, 0.15) is 0 Å². The molecular weight excluding hydrogens is 459 g/mol. The van der Waals surface area contributed by atoms with Crippen LogP contribution >= 0.6 is 7.60 Å². The van der Waals surface area contributed by atoms with Gasteiger partial charge in [-0.05, 0) is 32.9 Å². The van der Waals surface area contributed by atoms with E-state index in [0.717, 1.165) is 13.8 Å². The molecule has 0 spiro atoms. The van der Waals surface area contributed by atoms with Crippen molar-refractivity contribution in [2.75, 3.05) is 19.6 Å². The highest BCUT2D eigenvalue weighted by molar-refractivity contribution is 7.53. The Kier molecular flexibility index (Phi) is 9.57. The van der Waals surface area contributed by atoms with Gasteiger partial charge in [0.05, 0.1) is 18.8 Å². The fraction of sp³-hybridized carbons (Fsp3) is 0.571. The molecule has 0 bridgehead atoms. The zero-order valence-corrected chi connectivity index (χ0v) is 20.1. The zero-order chi connectivity index (χ0) is 24.6. The Bertz CT molecular complexity index is 864. The molecule has 0 radical (unpaired) electrons. The first-order chi connectivity index (χ1) is 15.5. The number of esters is 3. The van der Waals surface area contributed by atoms with Crippen molar-refractivity contribution in [2.24, 2.45) is 0 Å². The van der Waals surface area contributed by atoms with Crippen molar-refractivity contribution < 1.29 is 51.7 Å². The van der Waals surface area contributed by atoms with Crippen LogP contribution in [0, 0.1) is 0 Å². The molecule has 1 aliphatic rings. The van der Waals surface area contributed by atoms with Gasteiger partial charge in [0.25, 0.3) is 0 Å². The second-order valence-electron chi connectivity index (χ2n) is 7.16. The summed E-state index contributed by atoms with van der Waals surface area (Å²) in [5.41, 5.74) is -1.58. The van der Waals surface area contributed by atoms with Crippen molar-refractivity contribution in [1.29, 1.82) is 0 Å². The van der Waals surface area contributed by atoms with Crippen molar-refractivity contribution in [3.8, 4) is 0 Å². The van der Waals surface area contributed by atoms with Gasteiger partial charge in [-0.1, -0.05) is 18.2 Å². The number of carbonyl (C=O) groups is 3. The summed E-state index contributed by atoms with van der Waals surface area (Å²) in [6.45, 7) is 7.12. The van der Waals surface area contributed by atoms with Crippen LogP contribution in [-0.2, 0) is 46.9 Å². The molecule has 2 rings (SSSR count). The maximum absolute atomic E-state index is 12.8. The molecule has 11 nitrogen and oxygen atoms in total. The van der Waals surface area contributed by atoms with Gasteiger partial charge < -0.3 is 32.7 Å². The van der Waals surface area contributed by atoms with Crippen LogP contribution in [0.4, 0.5) is 0 Å². The summed E-state index contributed by atoms with van der Waals surface area (Å²) in [6, 6.07) is 8.05. The van der Waals surface area contributed by atoms with Gasteiger partial charge in [-0.15, -0.1) is 0 Å². The topological polar surface area (TPSA) is 133 Å². The Labute approximate surface area is 192 Å². The average molecular weight is 488 g/mol. The SMILES string of the molecule is CCOP(=O)(CO[C@H]1OC(OC(C)=O)[C@](C)(OC(=O)c2ccccc2)C1OC(C)=O)OCC. The summed E-state index contributed by atoms with van der Waals surface area (Å²) in [5.74, 6) is -2.25. The molecule has 0 saturated carbocycles. The van der Waals surface area contributed by atoms with E-state index in [9.17, 15) is 18.9 Å². The molecule has 1 saturated heterocycles. The van der Waals surface area contributed by atoms with Gasteiger partial charge in [-0.2, -0.15) is 0 Å². The second-order valence-corrected chi connectivity index (χ2v) is 9.15. The Morgan fingerprint density at radius 3 is 2.09 bits per heavy atom. The molecule has 0 aromatic heterocycles. The second kappa shape index (κ2) is 11.7. The Morgan fingerprint density at radius 2 is 1.58 bits per heavy atom. The standard InChI is InChI=1S/C21H29O11P/c1-6-27-33(25,28-7-2)13-26-19-17(29-14(3)22)21(5,20(31-19)30-15(4)23)32-18(24)16-11-9-8-10-12-16/h8-12,17,19-20H,6-7,13H2,1-5H3/t17?,19-,20?,21+/m0/s1. The van der Waals surface area contributed by atoms with E-state index in [-0.39, 0.29) is 18.8 Å². The smallest absolute Gasteiger partial charge is 0.356 e. The summed E-state index contributed by atoms with van der Waals surface area (Å²) in [4.78, 5) is 36.3. The van der Waals surface area contributed by atoms with Crippen molar-refractivity contribution in [1.82, 2.24) is 0 Å². The third kappa shape index (κ3) is 7.09. The van der Waals surface area contributed by atoms with Crippen LogP contribution < -0.4 is 0 Å². The van der Waals surface area contributed by atoms with Gasteiger partial charge in [-0.25, -0.2) is 4.79 Å². The van der Waals surface area contributed by atoms with Crippen LogP contribution in [0.2, 0.25) is 0 Å². The number of rotatable bonds is 11. The van der Waals surface area contributed by atoms with Crippen molar-refractivity contribution >= 4 is 25.5 Å². The number of benzene rings is 1. The van der Waals surface area contributed by atoms with Gasteiger partial charge in [0.2, 0.25) is 18.2 Å². The lowest BCUT2D eigenvalue weighted by Crippen LogP contribution is -2.52. The first kappa shape index (κ1) is 26.9. The fourth-order valence-corrected chi connectivity index (χ4v) is 4.46. The van der Waals surface area contributed by atoms with Crippen LogP contribution in [0.5, 0.6) is 0 Å². The minimum Gasteiger partial charge on any atom is -0.453 e. The highest BCUT2D eigenvalue weighted by Gasteiger charge is 2.62. The quantitative estimate of drug-likeness (QED) is 0.258. The van der Waals surface area contributed by atoms with E-state index in [1.54, 1.807) is 32.0 Å². The highest BCUT2D eigenvalue weighted by Crippen LogP contribution is 2.49. The predicted octanol–water partition coefficient (Wildman–Crippen LogP) is 3.02. The van der Waals surface area contributed by atoms with E-state index < -0.39 is 56.1 Å². The molecule has 1 fully saturated rings. The summed E-state index contributed by atoms with van der Waals surface area (Å²) in [6.07, 6.45) is -4.83. The third-order valence-corrected chi connectivity index (χ3v) is 6.24. The van der Waals surface area contributed by atoms with Gasteiger partial charge >= 0.3 is 25.5 Å². The van der Waals surface area contributed by atoms with E-state index in [2.05, 4.69) is 0 Å². The Hall–Kier alpha value is -2.30. The third-order valence-electron chi connectivity index (χ3n) is 4.47. The summed E-state index contributed by atoms with van der Waals surface area (Å²) in [5, 5.41) is 0. The van der Waals surface area contributed by atoms with Crippen molar-refractivity contribution in [3.63, 3.8) is 0 Å². The summed E-state index contributed by atoms with van der Waals surface area (Å²) < 4.78 is 50.5. The number of ether oxygens (including phenoxy) is 5. The van der Waals surface area contributed by atoms with Crippen LogP contribution in [0.15, 0.2) is 30.3 Å². The van der Waals surface area contributed by atoms with E-state index in [1.165, 1.54) is 19.1 Å². The van der Waals surface area contributed by atoms with E-state index >= 15 is 0 Å². The Morgan fingerprint density at radius 1 is 1.00 bits per heavy atom. The minimum atomic E-state index is -3.66. The van der Waals surface area contributed by atoms with Gasteiger partial charge in [0.15, 0.2) is 12.5 Å². The molecule has 1 aromatic rings. The molecular formula is C21H29O11P. The summed E-state index contributed by atoms with van der Waals surface area (Å²) >= 11 is 0. The Balaban J connectivity index is 2.35. The number of carbonyl (C=O) groups excluding carboxylic acids is 3. The molecule has 1 aliphatic heterocycles. The molecule has 2 unspecified atom stereocenters. The van der Waals surface area contributed by atoms with Crippen LogP contribution in [0.1, 0.15) is 45.0 Å². The lowest BCUT2D eigenvalue weighted by molar-refractivity contribution is -0.226. The zero-order valence-electron chi connectivity index (χ0n) is 19.2. The molecule has 0 aliphatic carbocycles. The molecule has 12 heteroatoms. The van der Waals surface area contributed by atoms with E-state index in [0.29, 0.717) is 0 Å². The summed E-state index contributed by atoms with van der Waals surface area (Å²) in [7, 11) is -3.66. The average Bonchev–Trinajstić information content (AvgIpc) is 2.98. The normalized spacial score (nSPS) is 24.8. The first-order valence-electron chi connectivity index (χ1n) is 10.3. The van der Waals surface area contributed by atoms with E-state index in [4.69, 9.17) is 32.7 Å². The molecule has 0 amide bonds. The number of hydrogen-bond acceptors (Lipinski definition) is 11. The number of hydrogen-bond donors (Lipinski definition) is 0. The highest BCUT2D eigenvalue weighted by atomic mass is 31.2. The molecule has 184 valence electrons. The van der Waals surface area contributed by atoms with E-state index in [1.807, 2.05) is 0 Å². The lowest BCUT2D eigenvalue weighted by Gasteiger charge is -2.33. The van der Waals surface area contributed by atoms with Crippen LogP contribution in [0.25, 0.3) is 0 Å². The maximum Gasteiger partial charge on any atom is 0.356 e. The minimum absolute atomic E-state index is 0.0992. The van der Waals surface area contributed by atoms with Gasteiger partial charge in [-0.3, -0.25) is 14.2 Å². The van der Waals surface area contributed by atoms with Crippen LogP contribution in [-0.4, -0.2) is 61.8 Å². The molecule has 0 N–H and O–H groups in total. The van der Waals surface area contributed by atoms with Crippen LogP contribution in [0.3, 0.4) is 0 Å². The lowest BCUT2D eigenvalue weighted by atomic mass is 9.99. The maximum atomic E-state index is 12.8. The van der Waals surface area contributed by atoms with Crippen molar-refractivity contribution in [2.45, 2.75) is 58.9 Å². The molecule has 1 aromatic carbocycles.